The molecule has 0 aromatic heterocycles. The average Bonchev–Trinajstić information content (AvgIpc) is 3.39. The van der Waals surface area contributed by atoms with Crippen LogP contribution in [0.2, 0.25) is 0 Å². The van der Waals surface area contributed by atoms with Crippen molar-refractivity contribution in [3.63, 3.8) is 0 Å². The number of methoxy groups -OCH3 is 1. The molecule has 1 aliphatic carbocycles. The molecular weight excluding hydrogens is 306 g/mol. The number of amides is 2. The molecular formula is C18H25N3O3. The summed E-state index contributed by atoms with van der Waals surface area (Å²) in [5, 5.41) is 5.96. The Labute approximate surface area is 142 Å². The minimum absolute atomic E-state index is 0.00147. The number of hydrogen-bond donors (Lipinski definition) is 2. The molecule has 3 rings (SSSR count). The number of nitrogens with one attached hydrogen (secondary N) is 2. The Hall–Kier alpha value is -2.08. The molecule has 0 spiro atoms. The predicted octanol–water partition coefficient (Wildman–Crippen LogP) is 1.62. The monoisotopic (exact) mass is 331 g/mol. The van der Waals surface area contributed by atoms with Gasteiger partial charge in [-0.1, -0.05) is 12.1 Å². The van der Waals surface area contributed by atoms with Gasteiger partial charge in [0.2, 0.25) is 11.8 Å². The van der Waals surface area contributed by atoms with E-state index in [1.54, 1.807) is 7.11 Å². The van der Waals surface area contributed by atoms with E-state index in [1.807, 2.05) is 24.3 Å². The zero-order chi connectivity index (χ0) is 16.9. The first kappa shape index (κ1) is 16.8. The van der Waals surface area contributed by atoms with Crippen LogP contribution in [0.4, 0.5) is 5.69 Å². The van der Waals surface area contributed by atoms with E-state index >= 15 is 0 Å². The van der Waals surface area contributed by atoms with Crippen molar-refractivity contribution in [1.29, 1.82) is 0 Å². The number of ether oxygens (including phenoxy) is 1. The summed E-state index contributed by atoms with van der Waals surface area (Å²) < 4.78 is 5.25. The molecule has 24 heavy (non-hydrogen) atoms. The molecule has 1 saturated heterocycles. The quantitative estimate of drug-likeness (QED) is 0.831. The summed E-state index contributed by atoms with van der Waals surface area (Å²) in [7, 11) is 1.58. The second-order valence-electron chi connectivity index (χ2n) is 6.61. The maximum Gasteiger partial charge on any atom is 0.238 e. The summed E-state index contributed by atoms with van der Waals surface area (Å²) in [6.45, 7) is 1.80. The van der Waals surface area contributed by atoms with Crippen LogP contribution in [-0.2, 0) is 9.59 Å². The normalized spacial score (nSPS) is 21.1. The van der Waals surface area contributed by atoms with Crippen LogP contribution < -0.4 is 15.4 Å². The van der Waals surface area contributed by atoms with Gasteiger partial charge in [0.05, 0.1) is 25.3 Å². The van der Waals surface area contributed by atoms with Crippen molar-refractivity contribution < 1.29 is 14.3 Å². The SMILES string of the molecule is COc1ccccc1NC(=O)CN1CCCC(C(=O)NC2CC2)C1. The molecule has 130 valence electrons. The molecule has 1 aromatic carbocycles. The summed E-state index contributed by atoms with van der Waals surface area (Å²) in [4.78, 5) is 26.6. The van der Waals surface area contributed by atoms with E-state index in [2.05, 4.69) is 15.5 Å². The van der Waals surface area contributed by atoms with E-state index in [0.717, 1.165) is 32.2 Å². The van der Waals surface area contributed by atoms with E-state index < -0.39 is 0 Å². The van der Waals surface area contributed by atoms with Gasteiger partial charge in [-0.25, -0.2) is 0 Å². The fourth-order valence-electron chi connectivity index (χ4n) is 3.10. The minimum atomic E-state index is -0.0808. The lowest BCUT2D eigenvalue weighted by molar-refractivity contribution is -0.128. The fraction of sp³-hybridized carbons (Fsp3) is 0.556. The van der Waals surface area contributed by atoms with Crippen LogP contribution in [0.3, 0.4) is 0 Å². The van der Waals surface area contributed by atoms with Crippen LogP contribution in [0.1, 0.15) is 25.7 Å². The largest absolute Gasteiger partial charge is 0.495 e. The average molecular weight is 331 g/mol. The van der Waals surface area contributed by atoms with Crippen molar-refractivity contribution in [2.45, 2.75) is 31.7 Å². The lowest BCUT2D eigenvalue weighted by atomic mass is 9.97. The lowest BCUT2D eigenvalue weighted by Gasteiger charge is -2.31. The van der Waals surface area contributed by atoms with Gasteiger partial charge in [0.15, 0.2) is 0 Å². The number of hydrogen-bond acceptors (Lipinski definition) is 4. The molecule has 6 nitrogen and oxygen atoms in total. The number of anilines is 1. The molecule has 6 heteroatoms. The van der Waals surface area contributed by atoms with Gasteiger partial charge in [0.1, 0.15) is 5.75 Å². The van der Waals surface area contributed by atoms with Crippen LogP contribution in [0, 0.1) is 5.92 Å². The maximum absolute atomic E-state index is 12.3. The Morgan fingerprint density at radius 1 is 1.25 bits per heavy atom. The number of carbonyl (C=O) groups is 2. The molecule has 0 radical (unpaired) electrons. The molecule has 1 aliphatic heterocycles. The van der Waals surface area contributed by atoms with E-state index in [4.69, 9.17) is 4.74 Å². The van der Waals surface area contributed by atoms with Crippen molar-refractivity contribution in [3.8, 4) is 5.75 Å². The number of rotatable bonds is 6. The van der Waals surface area contributed by atoms with E-state index in [1.165, 1.54) is 0 Å². The molecule has 1 atom stereocenters. The van der Waals surface area contributed by atoms with Crippen molar-refractivity contribution in [2.75, 3.05) is 32.1 Å². The van der Waals surface area contributed by atoms with Crippen LogP contribution in [0.15, 0.2) is 24.3 Å². The zero-order valence-corrected chi connectivity index (χ0v) is 14.1. The van der Waals surface area contributed by atoms with Crippen LogP contribution >= 0.6 is 0 Å². The molecule has 2 N–H and O–H groups in total. The van der Waals surface area contributed by atoms with Crippen molar-refractivity contribution in [2.24, 2.45) is 5.92 Å². The standard InChI is InChI=1S/C18H25N3O3/c1-24-16-7-3-2-6-15(16)20-17(22)12-21-10-4-5-13(11-21)18(23)19-14-8-9-14/h2-3,6-7,13-14H,4-5,8-12H2,1H3,(H,19,23)(H,20,22). The number of nitrogens with zero attached hydrogens (tertiary/aromatic N) is 1. The van der Waals surface area contributed by atoms with Crippen molar-refractivity contribution in [3.05, 3.63) is 24.3 Å². The third-order valence-corrected chi connectivity index (χ3v) is 4.55. The fourth-order valence-corrected chi connectivity index (χ4v) is 3.10. The number of piperidine rings is 1. The Morgan fingerprint density at radius 2 is 2.04 bits per heavy atom. The second-order valence-corrected chi connectivity index (χ2v) is 6.61. The molecule has 1 saturated carbocycles. The van der Waals surface area contributed by atoms with Gasteiger partial charge >= 0.3 is 0 Å². The number of benzene rings is 1. The van der Waals surface area contributed by atoms with Gasteiger partial charge in [-0.2, -0.15) is 0 Å². The molecule has 1 aromatic rings. The highest BCUT2D eigenvalue weighted by Gasteiger charge is 2.30. The van der Waals surface area contributed by atoms with Gasteiger partial charge in [-0.3, -0.25) is 14.5 Å². The van der Waals surface area contributed by atoms with Gasteiger partial charge in [0.25, 0.3) is 0 Å². The summed E-state index contributed by atoms with van der Waals surface area (Å²) in [6.07, 6.45) is 4.06. The summed E-state index contributed by atoms with van der Waals surface area (Å²) >= 11 is 0. The Bertz CT molecular complexity index is 601. The second kappa shape index (κ2) is 7.66. The van der Waals surface area contributed by atoms with E-state index in [0.29, 0.717) is 30.6 Å². The highest BCUT2D eigenvalue weighted by atomic mass is 16.5. The molecule has 1 heterocycles. The third-order valence-electron chi connectivity index (χ3n) is 4.55. The molecule has 2 amide bonds. The Balaban J connectivity index is 1.51. The smallest absolute Gasteiger partial charge is 0.238 e. The first-order chi connectivity index (χ1) is 11.7. The molecule has 1 unspecified atom stereocenters. The Morgan fingerprint density at radius 3 is 2.79 bits per heavy atom. The molecule has 2 aliphatic rings. The summed E-state index contributed by atoms with van der Waals surface area (Å²) in [5.74, 6) is 0.708. The molecule has 2 fully saturated rings. The van der Waals surface area contributed by atoms with Crippen LogP contribution in [0.5, 0.6) is 5.75 Å². The number of carbonyl (C=O) groups excluding carboxylic acids is 2. The highest BCUT2D eigenvalue weighted by molar-refractivity contribution is 5.93. The summed E-state index contributed by atoms with van der Waals surface area (Å²) in [6, 6.07) is 7.74. The van der Waals surface area contributed by atoms with Gasteiger partial charge < -0.3 is 15.4 Å². The topological polar surface area (TPSA) is 70.7 Å². The lowest BCUT2D eigenvalue weighted by Crippen LogP contribution is -2.45. The Kier molecular flexibility index (Phi) is 5.35. The van der Waals surface area contributed by atoms with Gasteiger partial charge in [0, 0.05) is 12.6 Å². The first-order valence-electron chi connectivity index (χ1n) is 8.61. The number of para-hydroxylation sites is 2. The van der Waals surface area contributed by atoms with Crippen LogP contribution in [-0.4, -0.2) is 49.5 Å². The summed E-state index contributed by atoms with van der Waals surface area (Å²) in [5.41, 5.74) is 0.671. The van der Waals surface area contributed by atoms with Crippen LogP contribution in [0.25, 0.3) is 0 Å². The van der Waals surface area contributed by atoms with Gasteiger partial charge in [-0.05, 0) is 44.4 Å². The number of likely N-dealkylation sites (tertiary alicyclic amines) is 1. The van der Waals surface area contributed by atoms with Gasteiger partial charge in [-0.15, -0.1) is 0 Å². The zero-order valence-electron chi connectivity index (χ0n) is 14.1. The predicted molar refractivity (Wildman–Crippen MR) is 92.0 cm³/mol. The van der Waals surface area contributed by atoms with E-state index in [9.17, 15) is 9.59 Å². The third kappa shape index (κ3) is 4.47. The van der Waals surface area contributed by atoms with Crippen molar-refractivity contribution in [1.82, 2.24) is 10.2 Å². The maximum atomic E-state index is 12.3. The molecule has 0 bridgehead atoms. The first-order valence-corrected chi connectivity index (χ1v) is 8.61. The van der Waals surface area contributed by atoms with E-state index in [-0.39, 0.29) is 17.7 Å². The minimum Gasteiger partial charge on any atom is -0.495 e. The van der Waals surface area contributed by atoms with Crippen molar-refractivity contribution >= 4 is 17.5 Å². The highest BCUT2D eigenvalue weighted by Crippen LogP contribution is 2.24.